The number of benzene rings is 1. The van der Waals surface area contributed by atoms with E-state index in [0.717, 1.165) is 62.0 Å². The Kier molecular flexibility index (Phi) is 4.92. The van der Waals surface area contributed by atoms with Crippen LogP contribution in [0, 0.1) is 5.92 Å². The molecule has 1 aliphatic carbocycles. The summed E-state index contributed by atoms with van der Waals surface area (Å²) in [4.78, 5) is 21.1. The molecule has 3 aliphatic rings. The monoisotopic (exact) mass is 416 g/mol. The van der Waals surface area contributed by atoms with Crippen molar-refractivity contribution in [3.8, 4) is 0 Å². The summed E-state index contributed by atoms with van der Waals surface area (Å²) in [5.41, 5.74) is 6.31. The van der Waals surface area contributed by atoms with Crippen LogP contribution in [0.4, 0.5) is 5.69 Å². The number of fused-ring (bicyclic) bond motifs is 4. The lowest BCUT2D eigenvalue weighted by molar-refractivity contribution is 0.0676. The largest absolute Gasteiger partial charge is 0.367 e. The van der Waals surface area contributed by atoms with Crippen LogP contribution in [-0.4, -0.2) is 64.5 Å². The molecule has 2 saturated heterocycles. The normalized spacial score (nSPS) is 24.9. The summed E-state index contributed by atoms with van der Waals surface area (Å²) < 4.78 is 0. The second-order valence-corrected chi connectivity index (χ2v) is 9.55. The summed E-state index contributed by atoms with van der Waals surface area (Å²) in [7, 11) is 2.20. The zero-order valence-corrected chi connectivity index (χ0v) is 18.4. The van der Waals surface area contributed by atoms with E-state index in [-0.39, 0.29) is 0 Å². The highest BCUT2D eigenvalue weighted by molar-refractivity contribution is 5.89. The Morgan fingerprint density at radius 1 is 1.03 bits per heavy atom. The van der Waals surface area contributed by atoms with Crippen molar-refractivity contribution < 1.29 is 0 Å². The fraction of sp³-hybridized carbons (Fsp3) is 0.520. The summed E-state index contributed by atoms with van der Waals surface area (Å²) >= 11 is 0. The van der Waals surface area contributed by atoms with Gasteiger partial charge in [-0.05, 0) is 69.0 Å². The molecule has 4 heterocycles. The van der Waals surface area contributed by atoms with Gasteiger partial charge in [0.05, 0.1) is 29.5 Å². The highest BCUT2D eigenvalue weighted by Gasteiger charge is 2.37. The molecule has 3 aromatic rings. The third-order valence-electron chi connectivity index (χ3n) is 7.59. The van der Waals surface area contributed by atoms with Gasteiger partial charge in [-0.25, -0.2) is 4.98 Å². The number of aryl methyl sites for hydroxylation is 1. The van der Waals surface area contributed by atoms with Crippen molar-refractivity contribution in [3.05, 3.63) is 53.6 Å². The second kappa shape index (κ2) is 7.92. The van der Waals surface area contributed by atoms with Crippen LogP contribution in [0.3, 0.4) is 0 Å². The molecule has 2 atom stereocenters. The lowest BCUT2D eigenvalue weighted by Crippen LogP contribution is -2.44. The Morgan fingerprint density at radius 2 is 1.94 bits per heavy atom. The minimum absolute atomic E-state index is 0.434. The Labute approximate surface area is 184 Å². The van der Waals surface area contributed by atoms with Crippen LogP contribution in [0.1, 0.15) is 42.4 Å². The van der Waals surface area contributed by atoms with E-state index in [1.807, 2.05) is 6.20 Å². The molecule has 0 amide bonds. The number of aromatic amines is 1. The number of rotatable bonds is 3. The zero-order chi connectivity index (χ0) is 20.8. The summed E-state index contributed by atoms with van der Waals surface area (Å²) in [6, 6.07) is 11.4. The van der Waals surface area contributed by atoms with Gasteiger partial charge in [0.2, 0.25) is 0 Å². The van der Waals surface area contributed by atoms with Crippen LogP contribution in [0.25, 0.3) is 11.0 Å². The average molecular weight is 417 g/mol. The molecule has 0 saturated carbocycles. The average Bonchev–Trinajstić information content (AvgIpc) is 3.22. The highest BCUT2D eigenvalue weighted by atomic mass is 15.3. The first kappa shape index (κ1) is 19.3. The van der Waals surface area contributed by atoms with E-state index in [9.17, 15) is 0 Å². The Morgan fingerprint density at radius 3 is 2.84 bits per heavy atom. The van der Waals surface area contributed by atoms with Crippen molar-refractivity contribution in [3.63, 3.8) is 0 Å². The molecule has 0 spiro atoms. The van der Waals surface area contributed by atoms with Gasteiger partial charge in [0.15, 0.2) is 0 Å². The molecule has 6 heteroatoms. The van der Waals surface area contributed by atoms with Gasteiger partial charge >= 0.3 is 0 Å². The van der Waals surface area contributed by atoms with E-state index in [2.05, 4.69) is 57.1 Å². The first-order chi connectivity index (χ1) is 15.3. The number of piperazine rings is 1. The number of pyridine rings is 1. The number of likely N-dealkylation sites (N-methyl/N-ethyl adjacent to an activating group) is 1. The third-order valence-corrected chi connectivity index (χ3v) is 7.59. The van der Waals surface area contributed by atoms with Crippen LogP contribution in [-0.2, 0) is 13.0 Å². The number of likely N-dealkylation sites (tertiary alicyclic amines) is 1. The fourth-order valence-electron chi connectivity index (χ4n) is 5.93. The van der Waals surface area contributed by atoms with Gasteiger partial charge in [-0.15, -0.1) is 0 Å². The fourth-order valence-corrected chi connectivity index (χ4v) is 5.93. The molecule has 0 radical (unpaired) electrons. The molecule has 6 nitrogen and oxygen atoms in total. The van der Waals surface area contributed by atoms with E-state index in [4.69, 9.17) is 9.97 Å². The van der Waals surface area contributed by atoms with Gasteiger partial charge in [-0.2, -0.15) is 0 Å². The van der Waals surface area contributed by atoms with Gasteiger partial charge in [0.1, 0.15) is 11.3 Å². The molecular formula is C25H32N6. The lowest BCUT2D eigenvalue weighted by Gasteiger charge is -2.44. The van der Waals surface area contributed by atoms with E-state index in [1.165, 1.54) is 42.6 Å². The van der Waals surface area contributed by atoms with Crippen LogP contribution >= 0.6 is 0 Å². The number of aromatic nitrogens is 3. The van der Waals surface area contributed by atoms with E-state index >= 15 is 0 Å². The summed E-state index contributed by atoms with van der Waals surface area (Å²) in [6.07, 6.45) is 7.03. The maximum absolute atomic E-state index is 5.12. The quantitative estimate of drug-likeness (QED) is 0.707. The molecule has 1 aromatic carbocycles. The van der Waals surface area contributed by atoms with Crippen molar-refractivity contribution in [1.29, 1.82) is 0 Å². The van der Waals surface area contributed by atoms with Crippen molar-refractivity contribution in [1.82, 2.24) is 24.8 Å². The maximum Gasteiger partial charge on any atom is 0.121 e. The minimum Gasteiger partial charge on any atom is -0.367 e. The molecule has 6 rings (SSSR count). The predicted octanol–water partition coefficient (Wildman–Crippen LogP) is 3.61. The van der Waals surface area contributed by atoms with Crippen molar-refractivity contribution in [2.24, 2.45) is 5.92 Å². The minimum atomic E-state index is 0.434. The number of H-pyrrole nitrogens is 1. The summed E-state index contributed by atoms with van der Waals surface area (Å²) in [5, 5.41) is 0. The van der Waals surface area contributed by atoms with Gasteiger partial charge in [-0.3, -0.25) is 9.88 Å². The first-order valence-electron chi connectivity index (χ1n) is 11.9. The number of nitrogens with zero attached hydrogens (tertiary/aromatic N) is 5. The number of anilines is 1. The number of nitrogens with one attached hydrogen (secondary N) is 1. The van der Waals surface area contributed by atoms with E-state index in [0.29, 0.717) is 6.04 Å². The molecule has 2 aliphatic heterocycles. The van der Waals surface area contributed by atoms with E-state index in [1.54, 1.807) is 0 Å². The van der Waals surface area contributed by atoms with Gasteiger partial charge in [0, 0.05) is 32.4 Å². The van der Waals surface area contributed by atoms with Gasteiger partial charge < -0.3 is 14.8 Å². The topological polar surface area (TPSA) is 51.3 Å². The Hall–Kier alpha value is -2.44. The Balaban J connectivity index is 1.29. The van der Waals surface area contributed by atoms with Gasteiger partial charge in [-0.1, -0.05) is 12.1 Å². The van der Waals surface area contributed by atoms with Gasteiger partial charge in [0.25, 0.3) is 0 Å². The van der Waals surface area contributed by atoms with Crippen LogP contribution in [0.2, 0.25) is 0 Å². The van der Waals surface area contributed by atoms with Crippen molar-refractivity contribution in [2.45, 2.75) is 38.3 Å². The molecule has 1 N–H and O–H groups in total. The standard InChI is InChI=1S/C25H32N6/c1-29-13-15-30(16-14-29)21-8-2-7-20-24(21)28-22(27-20)17-31-12-4-6-19-10-9-18-5-3-11-26-23(18)25(19)31/h2-3,5,7-8,11,19,25H,4,6,9-10,12-17H2,1H3,(H,27,28)/t19-,25-/m1/s1. The molecule has 2 aromatic heterocycles. The van der Waals surface area contributed by atoms with Crippen LogP contribution in [0.15, 0.2) is 36.5 Å². The highest BCUT2D eigenvalue weighted by Crippen LogP contribution is 2.43. The molecule has 162 valence electrons. The molecule has 0 bridgehead atoms. The molecule has 0 unspecified atom stereocenters. The predicted molar refractivity (Wildman–Crippen MR) is 124 cm³/mol. The van der Waals surface area contributed by atoms with Crippen molar-refractivity contribution >= 4 is 16.7 Å². The number of imidazole rings is 1. The zero-order valence-electron chi connectivity index (χ0n) is 18.4. The smallest absolute Gasteiger partial charge is 0.121 e. The molecule has 31 heavy (non-hydrogen) atoms. The van der Waals surface area contributed by atoms with Crippen molar-refractivity contribution in [2.75, 3.05) is 44.7 Å². The Bertz CT molecular complexity index is 1070. The summed E-state index contributed by atoms with van der Waals surface area (Å²) in [5.74, 6) is 1.81. The summed E-state index contributed by atoms with van der Waals surface area (Å²) in [6.45, 7) is 6.34. The molecule has 2 fully saturated rings. The number of hydrogen-bond donors (Lipinski definition) is 1. The first-order valence-corrected chi connectivity index (χ1v) is 11.9. The number of hydrogen-bond acceptors (Lipinski definition) is 5. The molecular weight excluding hydrogens is 384 g/mol. The lowest BCUT2D eigenvalue weighted by atomic mass is 9.77. The second-order valence-electron chi connectivity index (χ2n) is 9.55. The van der Waals surface area contributed by atoms with E-state index < -0.39 is 0 Å². The maximum atomic E-state index is 5.12. The third kappa shape index (κ3) is 3.52. The van der Waals surface area contributed by atoms with Crippen LogP contribution in [0.5, 0.6) is 0 Å². The van der Waals surface area contributed by atoms with Crippen LogP contribution < -0.4 is 4.90 Å². The number of piperidine rings is 1. The SMILES string of the molecule is CN1CCN(c2cccc3[nH]c(CN4CCC[C@@H]5CCc6cccnc6[C@@H]54)nc23)CC1. The number of para-hydroxylation sites is 1.